The lowest BCUT2D eigenvalue weighted by Gasteiger charge is -2.46. The van der Waals surface area contributed by atoms with Gasteiger partial charge < -0.3 is 11.1 Å². The van der Waals surface area contributed by atoms with E-state index in [1.807, 2.05) is 20.0 Å². The highest BCUT2D eigenvalue weighted by Crippen LogP contribution is 2.44. The summed E-state index contributed by atoms with van der Waals surface area (Å²) < 4.78 is 0. The maximum absolute atomic E-state index is 12.7. The molecule has 0 spiro atoms. The molecule has 0 bridgehead atoms. The van der Waals surface area contributed by atoms with Crippen molar-refractivity contribution in [1.29, 1.82) is 0 Å². The molecule has 1 aromatic rings. The number of thiazole rings is 1. The number of hydrogen-bond acceptors (Lipinski definition) is 4. The third kappa shape index (κ3) is 3.29. The van der Waals surface area contributed by atoms with Crippen LogP contribution in [0.25, 0.3) is 0 Å². The first-order chi connectivity index (χ1) is 9.73. The standard InChI is InChI=1S/C16H27N3OS/c1-9-8-18-15(21-9)11(3)19-14(20)12-6-7-13(17)10(2)16(12,4)5/h8,10-13H,6-7,17H2,1-5H3,(H,19,20). The largest absolute Gasteiger partial charge is 0.347 e. The molecule has 1 aliphatic carbocycles. The number of nitrogens with two attached hydrogens (primary N) is 1. The van der Waals surface area contributed by atoms with E-state index in [1.54, 1.807) is 11.3 Å². The molecule has 5 heteroatoms. The zero-order valence-corrected chi connectivity index (χ0v) is 14.5. The summed E-state index contributed by atoms with van der Waals surface area (Å²) >= 11 is 1.64. The molecule has 1 aliphatic rings. The highest BCUT2D eigenvalue weighted by Gasteiger charge is 2.45. The number of rotatable bonds is 3. The van der Waals surface area contributed by atoms with Gasteiger partial charge in [0.15, 0.2) is 0 Å². The Morgan fingerprint density at radius 2 is 2.19 bits per heavy atom. The van der Waals surface area contributed by atoms with Crippen LogP contribution >= 0.6 is 11.3 Å². The average molecular weight is 309 g/mol. The fourth-order valence-corrected chi connectivity index (χ4v) is 4.04. The molecule has 1 fully saturated rings. The first kappa shape index (κ1) is 16.4. The van der Waals surface area contributed by atoms with Gasteiger partial charge in [-0.2, -0.15) is 0 Å². The molecule has 4 nitrogen and oxygen atoms in total. The van der Waals surface area contributed by atoms with Crippen LogP contribution in [0.1, 0.15) is 56.5 Å². The molecular weight excluding hydrogens is 282 g/mol. The van der Waals surface area contributed by atoms with Crippen LogP contribution in [0.2, 0.25) is 0 Å². The quantitative estimate of drug-likeness (QED) is 0.902. The first-order valence-electron chi connectivity index (χ1n) is 7.71. The molecule has 4 atom stereocenters. The van der Waals surface area contributed by atoms with Crippen molar-refractivity contribution < 1.29 is 4.79 Å². The van der Waals surface area contributed by atoms with Crippen LogP contribution in [0.4, 0.5) is 0 Å². The van der Waals surface area contributed by atoms with Gasteiger partial charge in [0.25, 0.3) is 0 Å². The van der Waals surface area contributed by atoms with Crippen LogP contribution in [0, 0.1) is 24.2 Å². The fourth-order valence-electron chi connectivity index (χ4n) is 3.27. The second-order valence-corrected chi connectivity index (χ2v) is 8.21. The van der Waals surface area contributed by atoms with Crippen LogP contribution in [0.5, 0.6) is 0 Å². The second kappa shape index (κ2) is 6.05. The highest BCUT2D eigenvalue weighted by atomic mass is 32.1. The van der Waals surface area contributed by atoms with Gasteiger partial charge >= 0.3 is 0 Å². The number of nitrogens with zero attached hydrogens (tertiary/aromatic N) is 1. The molecule has 2 rings (SSSR count). The maximum Gasteiger partial charge on any atom is 0.224 e. The van der Waals surface area contributed by atoms with E-state index in [-0.39, 0.29) is 29.3 Å². The van der Waals surface area contributed by atoms with Crippen molar-refractivity contribution in [2.45, 2.75) is 59.5 Å². The van der Waals surface area contributed by atoms with E-state index in [0.717, 1.165) is 17.8 Å². The van der Waals surface area contributed by atoms with Gasteiger partial charge in [0.05, 0.1) is 6.04 Å². The van der Waals surface area contributed by atoms with Crippen LogP contribution in [-0.4, -0.2) is 16.9 Å². The van der Waals surface area contributed by atoms with E-state index in [4.69, 9.17) is 5.73 Å². The van der Waals surface area contributed by atoms with Crippen LogP contribution in [0.3, 0.4) is 0 Å². The van der Waals surface area contributed by atoms with Crippen molar-refractivity contribution in [2.24, 2.45) is 23.0 Å². The molecule has 3 N–H and O–H groups in total. The Bertz CT molecular complexity index is 511. The molecule has 0 aliphatic heterocycles. The van der Waals surface area contributed by atoms with Crippen LogP contribution in [0.15, 0.2) is 6.20 Å². The Labute approximate surface area is 131 Å². The molecule has 0 radical (unpaired) electrons. The fraction of sp³-hybridized carbons (Fsp3) is 0.750. The molecule has 0 aromatic carbocycles. The van der Waals surface area contributed by atoms with Gasteiger partial charge in [-0.1, -0.05) is 20.8 Å². The summed E-state index contributed by atoms with van der Waals surface area (Å²) in [6.45, 7) is 10.5. The minimum absolute atomic E-state index is 0.0239. The Balaban J connectivity index is 2.06. The highest BCUT2D eigenvalue weighted by molar-refractivity contribution is 7.11. The second-order valence-electron chi connectivity index (χ2n) is 6.94. The lowest BCUT2D eigenvalue weighted by atomic mass is 9.61. The lowest BCUT2D eigenvalue weighted by molar-refractivity contribution is -0.133. The summed E-state index contributed by atoms with van der Waals surface area (Å²) in [4.78, 5) is 18.2. The third-order valence-electron chi connectivity index (χ3n) is 5.19. The lowest BCUT2D eigenvalue weighted by Crippen LogP contribution is -2.51. The zero-order valence-electron chi connectivity index (χ0n) is 13.6. The van der Waals surface area contributed by atoms with Crippen LogP contribution < -0.4 is 11.1 Å². The number of carbonyl (C=O) groups is 1. The summed E-state index contributed by atoms with van der Waals surface area (Å²) in [6.07, 6.45) is 3.65. The van der Waals surface area contributed by atoms with E-state index >= 15 is 0 Å². The minimum Gasteiger partial charge on any atom is -0.347 e. The van der Waals surface area contributed by atoms with Crippen molar-refractivity contribution in [3.05, 3.63) is 16.1 Å². The number of carbonyl (C=O) groups excluding carboxylic acids is 1. The SMILES string of the molecule is Cc1cnc(C(C)NC(=O)C2CCC(N)C(C)C2(C)C)s1. The Morgan fingerprint density at radius 3 is 2.76 bits per heavy atom. The summed E-state index contributed by atoms with van der Waals surface area (Å²) in [7, 11) is 0. The molecule has 4 unspecified atom stereocenters. The van der Waals surface area contributed by atoms with E-state index in [1.165, 1.54) is 4.88 Å². The third-order valence-corrected chi connectivity index (χ3v) is 6.28. The molecule has 21 heavy (non-hydrogen) atoms. The monoisotopic (exact) mass is 309 g/mol. The van der Waals surface area contributed by atoms with Gasteiger partial charge in [-0.3, -0.25) is 4.79 Å². The van der Waals surface area contributed by atoms with E-state index < -0.39 is 0 Å². The van der Waals surface area contributed by atoms with E-state index in [0.29, 0.717) is 5.92 Å². The molecule has 118 valence electrons. The number of aryl methyl sites for hydroxylation is 1. The van der Waals surface area contributed by atoms with Gasteiger partial charge in [0, 0.05) is 23.0 Å². The predicted octanol–water partition coefficient (Wildman–Crippen LogP) is 3.03. The van der Waals surface area contributed by atoms with E-state index in [2.05, 4.69) is 31.1 Å². The molecule has 1 saturated carbocycles. The van der Waals surface area contributed by atoms with Crippen molar-refractivity contribution in [3.63, 3.8) is 0 Å². The average Bonchev–Trinajstić information content (AvgIpc) is 2.82. The number of hydrogen-bond donors (Lipinski definition) is 2. The molecule has 1 amide bonds. The van der Waals surface area contributed by atoms with Crippen molar-refractivity contribution in [3.8, 4) is 0 Å². The molecule has 0 saturated heterocycles. The minimum atomic E-state index is -0.0692. The van der Waals surface area contributed by atoms with Crippen molar-refractivity contribution in [1.82, 2.24) is 10.3 Å². The van der Waals surface area contributed by atoms with Crippen LogP contribution in [-0.2, 0) is 4.79 Å². The zero-order chi connectivity index (χ0) is 15.8. The van der Waals surface area contributed by atoms with Gasteiger partial charge in [-0.25, -0.2) is 4.98 Å². The number of aromatic nitrogens is 1. The van der Waals surface area contributed by atoms with Gasteiger partial charge in [0.2, 0.25) is 5.91 Å². The normalized spacial score (nSPS) is 29.9. The summed E-state index contributed by atoms with van der Waals surface area (Å²) in [6, 6.07) is 0.168. The van der Waals surface area contributed by atoms with Gasteiger partial charge in [-0.15, -0.1) is 11.3 Å². The Kier molecular flexibility index (Phi) is 4.73. The molecule has 1 heterocycles. The van der Waals surface area contributed by atoms with Crippen molar-refractivity contribution in [2.75, 3.05) is 0 Å². The summed E-state index contributed by atoms with van der Waals surface area (Å²) in [5.74, 6) is 0.509. The number of nitrogens with one attached hydrogen (secondary N) is 1. The smallest absolute Gasteiger partial charge is 0.224 e. The molecule has 1 aromatic heterocycles. The topological polar surface area (TPSA) is 68.0 Å². The first-order valence-corrected chi connectivity index (χ1v) is 8.53. The van der Waals surface area contributed by atoms with Gasteiger partial charge in [0.1, 0.15) is 5.01 Å². The summed E-state index contributed by atoms with van der Waals surface area (Å²) in [5.41, 5.74) is 6.10. The Hall–Kier alpha value is -0.940. The predicted molar refractivity (Wildman–Crippen MR) is 87.1 cm³/mol. The van der Waals surface area contributed by atoms with Gasteiger partial charge in [-0.05, 0) is 38.0 Å². The number of amides is 1. The van der Waals surface area contributed by atoms with Crippen molar-refractivity contribution >= 4 is 17.2 Å². The maximum atomic E-state index is 12.7. The molecular formula is C16H27N3OS. The Morgan fingerprint density at radius 1 is 1.52 bits per heavy atom. The van der Waals surface area contributed by atoms with E-state index in [9.17, 15) is 4.79 Å². The summed E-state index contributed by atoms with van der Waals surface area (Å²) in [5, 5.41) is 4.11.